The van der Waals surface area contributed by atoms with Gasteiger partial charge in [0.15, 0.2) is 14.6 Å². The van der Waals surface area contributed by atoms with Gasteiger partial charge in [0.2, 0.25) is 0 Å². The first-order chi connectivity index (χ1) is 16.7. The molecule has 35 heavy (non-hydrogen) atoms. The number of hydroxylamine groups is 1. The highest BCUT2D eigenvalue weighted by atomic mass is 32.2. The standard InChI is InChI=1S/C24H30N2O8S/c1-17-4-5-18(16-21(17)32-2)22(27)25-12-3-13-34-19-6-8-20(9-7-19)35(30,31)24(23(28)26-29)10-14-33-15-11-24/h4-9,16,29H,3,10-15H2,1-2H3,(H,25,27)(H,26,28). The van der Waals surface area contributed by atoms with Gasteiger partial charge in [-0.3, -0.25) is 14.8 Å². The van der Waals surface area contributed by atoms with Gasteiger partial charge in [0.05, 0.1) is 18.6 Å². The second-order valence-electron chi connectivity index (χ2n) is 8.16. The Bertz CT molecular complexity index is 1140. The lowest BCUT2D eigenvalue weighted by molar-refractivity contribution is -0.134. The number of rotatable bonds is 10. The van der Waals surface area contributed by atoms with Crippen LogP contribution in [0.5, 0.6) is 11.5 Å². The minimum Gasteiger partial charge on any atom is -0.496 e. The molecule has 1 saturated heterocycles. The smallest absolute Gasteiger partial charge is 0.265 e. The highest BCUT2D eigenvalue weighted by Gasteiger charge is 2.52. The lowest BCUT2D eigenvalue weighted by atomic mass is 9.98. The molecule has 2 aromatic carbocycles. The Hall–Kier alpha value is -3.15. The number of amides is 2. The maximum atomic E-state index is 13.2. The Kier molecular flexibility index (Phi) is 8.71. The average molecular weight is 507 g/mol. The molecule has 0 saturated carbocycles. The Balaban J connectivity index is 1.53. The van der Waals surface area contributed by atoms with Crippen molar-refractivity contribution >= 4 is 21.7 Å². The predicted octanol–water partition coefficient (Wildman–Crippen LogP) is 2.03. The van der Waals surface area contributed by atoms with Crippen molar-refractivity contribution in [2.45, 2.75) is 35.8 Å². The van der Waals surface area contributed by atoms with Crippen LogP contribution >= 0.6 is 0 Å². The molecule has 0 radical (unpaired) electrons. The summed E-state index contributed by atoms with van der Waals surface area (Å²) in [6.07, 6.45) is 0.427. The molecule has 190 valence electrons. The van der Waals surface area contributed by atoms with E-state index in [0.717, 1.165) is 5.56 Å². The Morgan fingerprint density at radius 3 is 2.43 bits per heavy atom. The summed E-state index contributed by atoms with van der Waals surface area (Å²) in [7, 11) is -2.53. The summed E-state index contributed by atoms with van der Waals surface area (Å²) in [6, 6.07) is 11.0. The monoisotopic (exact) mass is 506 g/mol. The fraction of sp³-hybridized carbons (Fsp3) is 0.417. The van der Waals surface area contributed by atoms with E-state index in [4.69, 9.17) is 19.4 Å². The number of sulfone groups is 1. The average Bonchev–Trinajstić information content (AvgIpc) is 2.88. The molecule has 0 aromatic heterocycles. The topological polar surface area (TPSA) is 140 Å². The summed E-state index contributed by atoms with van der Waals surface area (Å²) in [5.41, 5.74) is 2.94. The first kappa shape index (κ1) is 26.5. The van der Waals surface area contributed by atoms with Gasteiger partial charge in [-0.05, 0) is 68.1 Å². The molecule has 0 spiro atoms. The van der Waals surface area contributed by atoms with Gasteiger partial charge >= 0.3 is 0 Å². The van der Waals surface area contributed by atoms with Crippen molar-refractivity contribution in [1.82, 2.24) is 10.8 Å². The van der Waals surface area contributed by atoms with E-state index in [1.54, 1.807) is 19.2 Å². The first-order valence-electron chi connectivity index (χ1n) is 11.2. The van der Waals surface area contributed by atoms with Gasteiger partial charge in [-0.15, -0.1) is 0 Å². The molecule has 11 heteroatoms. The van der Waals surface area contributed by atoms with Crippen LogP contribution in [0, 0.1) is 6.92 Å². The number of ether oxygens (including phenoxy) is 3. The zero-order valence-electron chi connectivity index (χ0n) is 19.7. The van der Waals surface area contributed by atoms with Crippen molar-refractivity contribution in [3.8, 4) is 11.5 Å². The molecule has 0 bridgehead atoms. The molecule has 0 unspecified atom stereocenters. The third kappa shape index (κ3) is 5.75. The van der Waals surface area contributed by atoms with E-state index >= 15 is 0 Å². The van der Waals surface area contributed by atoms with E-state index in [2.05, 4.69) is 5.32 Å². The maximum Gasteiger partial charge on any atom is 0.265 e. The van der Waals surface area contributed by atoms with Crippen LogP contribution in [0.3, 0.4) is 0 Å². The van der Waals surface area contributed by atoms with Crippen molar-refractivity contribution in [3.05, 3.63) is 53.6 Å². The van der Waals surface area contributed by atoms with Crippen LogP contribution in [-0.2, 0) is 19.4 Å². The Morgan fingerprint density at radius 1 is 1.11 bits per heavy atom. The van der Waals surface area contributed by atoms with Crippen LogP contribution in [0.15, 0.2) is 47.4 Å². The van der Waals surface area contributed by atoms with E-state index < -0.39 is 20.5 Å². The van der Waals surface area contributed by atoms with Crippen LogP contribution in [0.2, 0.25) is 0 Å². The summed E-state index contributed by atoms with van der Waals surface area (Å²) in [5, 5.41) is 11.9. The van der Waals surface area contributed by atoms with Gasteiger partial charge < -0.3 is 19.5 Å². The minimum absolute atomic E-state index is 0.0452. The van der Waals surface area contributed by atoms with Crippen molar-refractivity contribution in [2.75, 3.05) is 33.5 Å². The molecule has 1 aliphatic rings. The van der Waals surface area contributed by atoms with Gasteiger partial charge in [-0.25, -0.2) is 13.9 Å². The van der Waals surface area contributed by atoms with Gasteiger partial charge in [-0.1, -0.05) is 6.07 Å². The van der Waals surface area contributed by atoms with Crippen molar-refractivity contribution in [1.29, 1.82) is 0 Å². The zero-order valence-corrected chi connectivity index (χ0v) is 20.5. The molecule has 1 fully saturated rings. The third-order valence-electron chi connectivity index (χ3n) is 6.01. The fourth-order valence-electron chi connectivity index (χ4n) is 3.89. The molecule has 2 aromatic rings. The number of nitrogens with one attached hydrogen (secondary N) is 2. The zero-order chi connectivity index (χ0) is 25.5. The van der Waals surface area contributed by atoms with Crippen LogP contribution in [0.25, 0.3) is 0 Å². The van der Waals surface area contributed by atoms with Crippen LogP contribution < -0.4 is 20.3 Å². The molecule has 1 aliphatic heterocycles. The van der Waals surface area contributed by atoms with Crippen LogP contribution in [0.1, 0.15) is 35.2 Å². The number of carbonyl (C=O) groups excluding carboxylic acids is 2. The summed E-state index contributed by atoms with van der Waals surface area (Å²) in [6.45, 7) is 2.79. The minimum atomic E-state index is -4.09. The molecule has 1 heterocycles. The quantitative estimate of drug-likeness (QED) is 0.253. The molecular formula is C24H30N2O8S. The molecule has 3 rings (SSSR count). The van der Waals surface area contributed by atoms with E-state index in [0.29, 0.717) is 36.6 Å². The van der Waals surface area contributed by atoms with Crippen molar-refractivity contribution in [2.24, 2.45) is 0 Å². The lowest BCUT2D eigenvalue weighted by Gasteiger charge is -2.34. The second-order valence-corrected chi connectivity index (χ2v) is 10.4. The van der Waals surface area contributed by atoms with Crippen molar-refractivity contribution in [3.63, 3.8) is 0 Å². The fourth-order valence-corrected chi connectivity index (χ4v) is 5.83. The SMILES string of the molecule is COc1cc(C(=O)NCCCOc2ccc(S(=O)(=O)C3(C(=O)NO)CCOCC3)cc2)ccc1C. The maximum absolute atomic E-state index is 13.2. The normalized spacial score (nSPS) is 15.2. The number of aryl methyl sites for hydroxylation is 1. The molecule has 3 N–H and O–H groups in total. The lowest BCUT2D eigenvalue weighted by Crippen LogP contribution is -2.54. The number of hydrogen-bond acceptors (Lipinski definition) is 8. The van der Waals surface area contributed by atoms with Gasteiger partial charge in [-0.2, -0.15) is 0 Å². The van der Waals surface area contributed by atoms with E-state index in [1.807, 2.05) is 13.0 Å². The largest absolute Gasteiger partial charge is 0.496 e. The van der Waals surface area contributed by atoms with Gasteiger partial charge in [0.1, 0.15) is 11.5 Å². The highest BCUT2D eigenvalue weighted by molar-refractivity contribution is 7.93. The Morgan fingerprint density at radius 2 is 1.80 bits per heavy atom. The number of carbonyl (C=O) groups is 2. The van der Waals surface area contributed by atoms with E-state index in [9.17, 15) is 18.0 Å². The first-order valence-corrected chi connectivity index (χ1v) is 12.7. The molecule has 0 aliphatic carbocycles. The Labute approximate surface area is 204 Å². The van der Waals surface area contributed by atoms with Crippen molar-refractivity contribution < 1.29 is 37.4 Å². The number of methoxy groups -OCH3 is 1. The molecule has 2 amide bonds. The van der Waals surface area contributed by atoms with Gasteiger partial charge in [0, 0.05) is 25.3 Å². The summed E-state index contributed by atoms with van der Waals surface area (Å²) < 4.78 is 40.8. The molecular weight excluding hydrogens is 476 g/mol. The van der Waals surface area contributed by atoms with Gasteiger partial charge in [0.25, 0.3) is 11.8 Å². The number of hydrogen-bond donors (Lipinski definition) is 3. The van der Waals surface area contributed by atoms with E-state index in [-0.39, 0.29) is 36.9 Å². The van der Waals surface area contributed by atoms with Crippen LogP contribution in [0.4, 0.5) is 0 Å². The van der Waals surface area contributed by atoms with E-state index in [1.165, 1.54) is 29.7 Å². The summed E-state index contributed by atoms with van der Waals surface area (Å²) >= 11 is 0. The van der Waals surface area contributed by atoms with Crippen LogP contribution in [-0.4, -0.2) is 63.7 Å². The predicted molar refractivity (Wildman–Crippen MR) is 127 cm³/mol. The summed E-state index contributed by atoms with van der Waals surface area (Å²) in [5.74, 6) is -0.0866. The highest BCUT2D eigenvalue weighted by Crippen LogP contribution is 2.35. The second kappa shape index (κ2) is 11.5. The number of benzene rings is 2. The third-order valence-corrected chi connectivity index (χ3v) is 8.53. The molecule has 10 nitrogen and oxygen atoms in total. The molecule has 0 atom stereocenters. The summed E-state index contributed by atoms with van der Waals surface area (Å²) in [4.78, 5) is 24.6.